The first-order valence-electron chi connectivity index (χ1n) is 6.35. The maximum Gasteiger partial charge on any atom is -0.00993 e. The minimum Gasteiger partial charge on any atom is -0.0841 e. The maximum atomic E-state index is 2.24. The predicted molar refractivity (Wildman–Crippen MR) is 80.8 cm³/mol. The van der Waals surface area contributed by atoms with Crippen LogP contribution in [0.2, 0.25) is 0 Å². The fraction of sp³-hybridized carbons (Fsp3) is 0.111. The van der Waals surface area contributed by atoms with Gasteiger partial charge in [-0.25, -0.2) is 0 Å². The lowest BCUT2D eigenvalue weighted by atomic mass is 9.95. The van der Waals surface area contributed by atoms with E-state index in [0.29, 0.717) is 0 Å². The Balaban J connectivity index is 2.47. The molecule has 0 amide bonds. The zero-order chi connectivity index (χ0) is 12.5. The molecule has 18 heavy (non-hydrogen) atoms. The highest BCUT2D eigenvalue weighted by molar-refractivity contribution is 6.10. The first-order valence-corrected chi connectivity index (χ1v) is 6.35. The van der Waals surface area contributed by atoms with Crippen LogP contribution < -0.4 is 0 Å². The van der Waals surface area contributed by atoms with Gasteiger partial charge in [-0.2, -0.15) is 0 Å². The lowest BCUT2D eigenvalue weighted by Crippen LogP contribution is -1.84. The molecule has 0 saturated heterocycles. The Kier molecular flexibility index (Phi) is 2.64. The van der Waals surface area contributed by atoms with Crippen molar-refractivity contribution in [2.45, 2.75) is 13.8 Å². The van der Waals surface area contributed by atoms with Crippen LogP contribution in [0.5, 0.6) is 0 Å². The number of benzene rings is 3. The van der Waals surface area contributed by atoms with Gasteiger partial charge in [0.05, 0.1) is 0 Å². The van der Waals surface area contributed by atoms with Crippen molar-refractivity contribution in [3.63, 3.8) is 0 Å². The number of hydrogen-bond donors (Lipinski definition) is 0. The van der Waals surface area contributed by atoms with Gasteiger partial charge in [0.1, 0.15) is 0 Å². The van der Waals surface area contributed by atoms with E-state index in [1.807, 2.05) is 0 Å². The van der Waals surface area contributed by atoms with Crippen LogP contribution in [-0.4, -0.2) is 0 Å². The topological polar surface area (TPSA) is 0 Å². The van der Waals surface area contributed by atoms with Crippen LogP contribution in [0.25, 0.3) is 27.1 Å². The molecule has 0 aliphatic heterocycles. The first-order chi connectivity index (χ1) is 8.81. The van der Waals surface area contributed by atoms with Crippen molar-refractivity contribution in [2.24, 2.45) is 0 Å². The second kappa shape index (κ2) is 4.30. The van der Waals surface area contributed by atoms with Crippen molar-refractivity contribution in [3.05, 3.63) is 66.2 Å². The molecule has 0 aliphatic rings. The summed E-state index contributed by atoms with van der Waals surface area (Å²) in [7, 11) is 0. The van der Waals surface area contributed by atoms with E-state index in [9.17, 15) is 0 Å². The molecule has 88 valence electrons. The molecule has 0 atom stereocenters. The Morgan fingerprint density at radius 2 is 1.56 bits per heavy atom. The molecule has 0 spiro atoms. The van der Waals surface area contributed by atoms with Gasteiger partial charge in [0.2, 0.25) is 0 Å². The van der Waals surface area contributed by atoms with Crippen LogP contribution in [0, 0.1) is 0 Å². The third kappa shape index (κ3) is 1.62. The zero-order valence-electron chi connectivity index (χ0n) is 10.8. The molecular weight excluding hydrogens is 216 g/mol. The molecular formula is C18H16. The Labute approximate surface area is 108 Å². The van der Waals surface area contributed by atoms with Gasteiger partial charge in [-0.1, -0.05) is 60.7 Å². The summed E-state index contributed by atoms with van der Waals surface area (Å²) in [5.41, 5.74) is 2.66. The molecule has 0 unspecified atom stereocenters. The lowest BCUT2D eigenvalue weighted by Gasteiger charge is -2.09. The van der Waals surface area contributed by atoms with Crippen molar-refractivity contribution < 1.29 is 0 Å². The van der Waals surface area contributed by atoms with E-state index < -0.39 is 0 Å². The normalized spacial score (nSPS) is 12.2. The Hall–Kier alpha value is -2.08. The summed E-state index contributed by atoms with van der Waals surface area (Å²) in [6.07, 6.45) is 2.17. The fourth-order valence-electron chi connectivity index (χ4n) is 2.54. The molecule has 0 radical (unpaired) electrons. The molecule has 0 aliphatic carbocycles. The molecule has 0 fully saturated rings. The van der Waals surface area contributed by atoms with Gasteiger partial charge in [-0.05, 0) is 46.5 Å². The van der Waals surface area contributed by atoms with Gasteiger partial charge < -0.3 is 0 Å². The average Bonchev–Trinajstić information content (AvgIpc) is 2.45. The molecule has 0 saturated carbocycles. The average molecular weight is 232 g/mol. The van der Waals surface area contributed by atoms with Gasteiger partial charge in [0, 0.05) is 0 Å². The van der Waals surface area contributed by atoms with Crippen LogP contribution in [-0.2, 0) is 0 Å². The summed E-state index contributed by atoms with van der Waals surface area (Å²) in [4.78, 5) is 0. The minimum absolute atomic E-state index is 1.31. The Morgan fingerprint density at radius 3 is 2.39 bits per heavy atom. The van der Waals surface area contributed by atoms with E-state index in [1.165, 1.54) is 32.7 Å². The Morgan fingerprint density at radius 1 is 0.778 bits per heavy atom. The Bertz CT molecular complexity index is 748. The van der Waals surface area contributed by atoms with E-state index >= 15 is 0 Å². The predicted octanol–water partition coefficient (Wildman–Crippen LogP) is 5.42. The van der Waals surface area contributed by atoms with Crippen molar-refractivity contribution in [1.82, 2.24) is 0 Å². The summed E-state index contributed by atoms with van der Waals surface area (Å²) in [5, 5.41) is 5.32. The summed E-state index contributed by atoms with van der Waals surface area (Å²) in [5.74, 6) is 0. The van der Waals surface area contributed by atoms with E-state index in [4.69, 9.17) is 0 Å². The van der Waals surface area contributed by atoms with E-state index in [-0.39, 0.29) is 0 Å². The maximum absolute atomic E-state index is 2.24. The highest BCUT2D eigenvalue weighted by Crippen LogP contribution is 2.30. The fourth-order valence-corrected chi connectivity index (χ4v) is 2.54. The molecule has 3 aromatic rings. The molecule has 3 aromatic carbocycles. The van der Waals surface area contributed by atoms with Crippen LogP contribution >= 0.6 is 0 Å². The van der Waals surface area contributed by atoms with Gasteiger partial charge in [0.15, 0.2) is 0 Å². The van der Waals surface area contributed by atoms with Crippen LogP contribution in [0.4, 0.5) is 0 Å². The quantitative estimate of drug-likeness (QED) is 0.492. The van der Waals surface area contributed by atoms with Crippen LogP contribution in [0.3, 0.4) is 0 Å². The summed E-state index contributed by atoms with van der Waals surface area (Å²) < 4.78 is 0. The van der Waals surface area contributed by atoms with E-state index in [2.05, 4.69) is 74.5 Å². The molecule has 0 aromatic heterocycles. The monoisotopic (exact) mass is 232 g/mol. The summed E-state index contributed by atoms with van der Waals surface area (Å²) in [6.45, 7) is 4.26. The molecule has 0 nitrogen and oxygen atoms in total. The standard InChI is InChI=1S/C18H16/c1-3-13(2)15-9-6-10-17-16-8-5-4-7-14(16)11-12-18(15)17/h3-12H,1-2H3. The van der Waals surface area contributed by atoms with E-state index in [1.54, 1.807) is 0 Å². The van der Waals surface area contributed by atoms with Gasteiger partial charge in [-0.3, -0.25) is 0 Å². The minimum atomic E-state index is 1.31. The van der Waals surface area contributed by atoms with Crippen molar-refractivity contribution >= 4 is 27.1 Å². The number of rotatable bonds is 1. The highest BCUT2D eigenvalue weighted by Gasteiger charge is 2.04. The number of allylic oxidation sites excluding steroid dienone is 2. The third-order valence-electron chi connectivity index (χ3n) is 3.64. The SMILES string of the molecule is CC=C(C)c1cccc2c1ccc1ccccc12. The van der Waals surface area contributed by atoms with Crippen molar-refractivity contribution in [2.75, 3.05) is 0 Å². The van der Waals surface area contributed by atoms with Gasteiger partial charge in [-0.15, -0.1) is 0 Å². The molecule has 3 rings (SSSR count). The first kappa shape index (κ1) is 11.0. The van der Waals surface area contributed by atoms with Crippen molar-refractivity contribution in [1.29, 1.82) is 0 Å². The number of fused-ring (bicyclic) bond motifs is 3. The smallest absolute Gasteiger partial charge is 0.00993 e. The zero-order valence-corrected chi connectivity index (χ0v) is 10.8. The number of hydrogen-bond acceptors (Lipinski definition) is 0. The third-order valence-corrected chi connectivity index (χ3v) is 3.64. The molecule has 0 N–H and O–H groups in total. The van der Waals surface area contributed by atoms with Crippen LogP contribution in [0.1, 0.15) is 19.4 Å². The second-order valence-corrected chi connectivity index (χ2v) is 4.66. The lowest BCUT2D eigenvalue weighted by molar-refractivity contribution is 1.59. The van der Waals surface area contributed by atoms with Crippen molar-refractivity contribution in [3.8, 4) is 0 Å². The van der Waals surface area contributed by atoms with Gasteiger partial charge >= 0.3 is 0 Å². The van der Waals surface area contributed by atoms with E-state index in [0.717, 1.165) is 0 Å². The van der Waals surface area contributed by atoms with Crippen LogP contribution in [0.15, 0.2) is 60.7 Å². The highest BCUT2D eigenvalue weighted by atomic mass is 14.1. The molecule has 0 heteroatoms. The largest absolute Gasteiger partial charge is 0.0841 e. The van der Waals surface area contributed by atoms with Gasteiger partial charge in [0.25, 0.3) is 0 Å². The molecule has 0 bridgehead atoms. The summed E-state index contributed by atoms with van der Waals surface area (Å²) in [6, 6.07) is 19.6. The second-order valence-electron chi connectivity index (χ2n) is 4.66. The summed E-state index contributed by atoms with van der Waals surface area (Å²) >= 11 is 0. The molecule has 0 heterocycles.